The minimum absolute atomic E-state index is 0.132. The summed E-state index contributed by atoms with van der Waals surface area (Å²) < 4.78 is 12.7. The van der Waals surface area contributed by atoms with Crippen molar-refractivity contribution in [2.24, 2.45) is 0 Å². The summed E-state index contributed by atoms with van der Waals surface area (Å²) in [6, 6.07) is 9.65. The zero-order valence-electron chi connectivity index (χ0n) is 13.7. The third-order valence-electron chi connectivity index (χ3n) is 3.84. The van der Waals surface area contributed by atoms with Gasteiger partial charge in [0.25, 0.3) is 5.91 Å². The number of rotatable bonds is 3. The summed E-state index contributed by atoms with van der Waals surface area (Å²) in [5.41, 5.74) is 0.865. The molecule has 0 bridgehead atoms. The van der Waals surface area contributed by atoms with Crippen LogP contribution in [0.5, 0.6) is 5.75 Å². The van der Waals surface area contributed by atoms with E-state index in [4.69, 9.17) is 9.47 Å². The van der Waals surface area contributed by atoms with Gasteiger partial charge >= 0.3 is 0 Å². The van der Waals surface area contributed by atoms with Crippen LogP contribution in [0.2, 0.25) is 0 Å². The summed E-state index contributed by atoms with van der Waals surface area (Å²) in [4.78, 5) is 14.6. The number of hydrogen-bond acceptors (Lipinski definition) is 4. The second-order valence-corrected chi connectivity index (χ2v) is 6.16. The molecular weight excluding hydrogens is 294 g/mol. The zero-order chi connectivity index (χ0) is 16.4. The standard InChI is InChI=1S/C17H21N3O3/c1-17(2)12-19(9-10-23-17)16(21)15-14(22-3)11-20(18-15)13-7-5-4-6-8-13/h4-8,11H,9-10,12H2,1-3H3. The van der Waals surface area contributed by atoms with Crippen LogP contribution in [0.4, 0.5) is 0 Å². The lowest BCUT2D eigenvalue weighted by Gasteiger charge is -2.37. The van der Waals surface area contributed by atoms with E-state index in [1.807, 2.05) is 44.2 Å². The van der Waals surface area contributed by atoms with Crippen LogP contribution in [0.15, 0.2) is 36.5 Å². The number of morpholine rings is 1. The van der Waals surface area contributed by atoms with E-state index in [0.717, 1.165) is 5.69 Å². The molecule has 3 rings (SSSR count). The van der Waals surface area contributed by atoms with Gasteiger partial charge in [-0.15, -0.1) is 0 Å². The van der Waals surface area contributed by atoms with Gasteiger partial charge in [0.1, 0.15) is 0 Å². The van der Waals surface area contributed by atoms with Crippen LogP contribution in [-0.4, -0.2) is 53.0 Å². The van der Waals surface area contributed by atoms with Gasteiger partial charge in [-0.2, -0.15) is 5.10 Å². The first-order valence-electron chi connectivity index (χ1n) is 7.62. The fourth-order valence-corrected chi connectivity index (χ4v) is 2.71. The van der Waals surface area contributed by atoms with Gasteiger partial charge in [0.15, 0.2) is 11.4 Å². The van der Waals surface area contributed by atoms with E-state index in [0.29, 0.717) is 31.1 Å². The van der Waals surface area contributed by atoms with Crippen molar-refractivity contribution >= 4 is 5.91 Å². The van der Waals surface area contributed by atoms with Crippen molar-refractivity contribution in [1.29, 1.82) is 0 Å². The first-order chi connectivity index (χ1) is 11.0. The molecule has 6 heteroatoms. The van der Waals surface area contributed by atoms with Gasteiger partial charge in [0, 0.05) is 13.1 Å². The molecule has 23 heavy (non-hydrogen) atoms. The average Bonchev–Trinajstić information content (AvgIpc) is 2.98. The van der Waals surface area contributed by atoms with Crippen molar-refractivity contribution in [2.75, 3.05) is 26.8 Å². The Bertz CT molecular complexity index is 694. The lowest BCUT2D eigenvalue weighted by molar-refractivity contribution is -0.0765. The smallest absolute Gasteiger partial charge is 0.278 e. The van der Waals surface area contributed by atoms with Crippen molar-refractivity contribution in [1.82, 2.24) is 14.7 Å². The normalized spacial score (nSPS) is 17.1. The Morgan fingerprint density at radius 1 is 1.30 bits per heavy atom. The average molecular weight is 315 g/mol. The summed E-state index contributed by atoms with van der Waals surface area (Å²) in [5, 5.41) is 4.43. The van der Waals surface area contributed by atoms with E-state index in [9.17, 15) is 4.79 Å². The third-order valence-corrected chi connectivity index (χ3v) is 3.84. The van der Waals surface area contributed by atoms with E-state index in [-0.39, 0.29) is 11.5 Å². The molecule has 1 aromatic heterocycles. The lowest BCUT2D eigenvalue weighted by Crippen LogP contribution is -2.50. The van der Waals surface area contributed by atoms with Gasteiger partial charge in [-0.3, -0.25) is 4.79 Å². The molecule has 0 unspecified atom stereocenters. The maximum absolute atomic E-state index is 12.8. The van der Waals surface area contributed by atoms with Crippen molar-refractivity contribution in [3.05, 3.63) is 42.2 Å². The molecule has 0 N–H and O–H groups in total. The maximum atomic E-state index is 12.8. The predicted molar refractivity (Wildman–Crippen MR) is 86.1 cm³/mol. The molecule has 1 aromatic carbocycles. The molecule has 0 aliphatic carbocycles. The third kappa shape index (κ3) is 3.22. The number of amides is 1. The summed E-state index contributed by atoms with van der Waals surface area (Å²) in [7, 11) is 1.55. The highest BCUT2D eigenvalue weighted by Crippen LogP contribution is 2.24. The van der Waals surface area contributed by atoms with Crippen molar-refractivity contribution in [3.8, 4) is 11.4 Å². The highest BCUT2D eigenvalue weighted by molar-refractivity contribution is 5.95. The number of carbonyl (C=O) groups is 1. The summed E-state index contributed by atoms with van der Waals surface area (Å²) >= 11 is 0. The fourth-order valence-electron chi connectivity index (χ4n) is 2.71. The minimum atomic E-state index is -0.344. The largest absolute Gasteiger partial charge is 0.493 e. The van der Waals surface area contributed by atoms with Gasteiger partial charge in [-0.05, 0) is 26.0 Å². The first kappa shape index (κ1) is 15.6. The first-order valence-corrected chi connectivity index (χ1v) is 7.62. The van der Waals surface area contributed by atoms with E-state index in [1.165, 1.54) is 0 Å². The van der Waals surface area contributed by atoms with Gasteiger partial charge in [0.05, 0.1) is 31.2 Å². The van der Waals surface area contributed by atoms with Crippen LogP contribution in [0.25, 0.3) is 5.69 Å². The number of methoxy groups -OCH3 is 1. The summed E-state index contributed by atoms with van der Waals surface area (Å²) in [5.74, 6) is 0.344. The van der Waals surface area contributed by atoms with Gasteiger partial charge in [-0.25, -0.2) is 4.68 Å². The van der Waals surface area contributed by atoms with Gasteiger partial charge in [-0.1, -0.05) is 18.2 Å². The Kier molecular flexibility index (Phi) is 4.09. The fraction of sp³-hybridized carbons (Fsp3) is 0.412. The number of aromatic nitrogens is 2. The molecule has 0 spiro atoms. The van der Waals surface area contributed by atoms with Crippen LogP contribution < -0.4 is 4.74 Å². The number of carbonyl (C=O) groups excluding carboxylic acids is 1. The number of para-hydroxylation sites is 1. The van der Waals surface area contributed by atoms with Crippen molar-refractivity contribution < 1.29 is 14.3 Å². The monoisotopic (exact) mass is 315 g/mol. The second-order valence-electron chi connectivity index (χ2n) is 6.16. The second kappa shape index (κ2) is 6.04. The van der Waals surface area contributed by atoms with Crippen LogP contribution in [0, 0.1) is 0 Å². The molecule has 2 heterocycles. The molecule has 1 aliphatic heterocycles. The molecule has 6 nitrogen and oxygen atoms in total. The van der Waals surface area contributed by atoms with E-state index in [2.05, 4.69) is 5.10 Å². The Morgan fingerprint density at radius 2 is 2.04 bits per heavy atom. The molecule has 122 valence electrons. The molecule has 0 saturated carbocycles. The van der Waals surface area contributed by atoms with Crippen LogP contribution >= 0.6 is 0 Å². The molecule has 1 aliphatic rings. The molecule has 1 fully saturated rings. The summed E-state index contributed by atoms with van der Waals surface area (Å²) in [6.45, 7) is 5.58. The van der Waals surface area contributed by atoms with E-state index < -0.39 is 0 Å². The topological polar surface area (TPSA) is 56.6 Å². The van der Waals surface area contributed by atoms with Crippen LogP contribution in [0.3, 0.4) is 0 Å². The Balaban J connectivity index is 1.90. The number of hydrogen-bond donors (Lipinski definition) is 0. The highest BCUT2D eigenvalue weighted by atomic mass is 16.5. The molecule has 0 radical (unpaired) electrons. The zero-order valence-corrected chi connectivity index (χ0v) is 13.7. The number of nitrogens with zero attached hydrogens (tertiary/aromatic N) is 3. The Morgan fingerprint density at radius 3 is 2.70 bits per heavy atom. The molecular formula is C17H21N3O3. The number of benzene rings is 1. The molecule has 0 atom stereocenters. The highest BCUT2D eigenvalue weighted by Gasteiger charge is 2.32. The SMILES string of the molecule is COc1cn(-c2ccccc2)nc1C(=O)N1CCOC(C)(C)C1. The molecule has 1 saturated heterocycles. The van der Waals surface area contributed by atoms with Gasteiger partial charge in [0.2, 0.25) is 0 Å². The van der Waals surface area contributed by atoms with Crippen molar-refractivity contribution in [2.45, 2.75) is 19.4 Å². The Hall–Kier alpha value is -2.34. The molecule has 1 amide bonds. The quantitative estimate of drug-likeness (QED) is 0.871. The van der Waals surface area contributed by atoms with E-state index in [1.54, 1.807) is 22.9 Å². The van der Waals surface area contributed by atoms with Crippen molar-refractivity contribution in [3.63, 3.8) is 0 Å². The molecule has 2 aromatic rings. The minimum Gasteiger partial charge on any atom is -0.493 e. The van der Waals surface area contributed by atoms with E-state index >= 15 is 0 Å². The van der Waals surface area contributed by atoms with Gasteiger partial charge < -0.3 is 14.4 Å². The lowest BCUT2D eigenvalue weighted by atomic mass is 10.1. The van der Waals surface area contributed by atoms with Crippen LogP contribution in [0.1, 0.15) is 24.3 Å². The van der Waals surface area contributed by atoms with Crippen LogP contribution in [-0.2, 0) is 4.74 Å². The predicted octanol–water partition coefficient (Wildman–Crippen LogP) is 2.13. The summed E-state index contributed by atoms with van der Waals surface area (Å²) in [6.07, 6.45) is 1.73. The Labute approximate surface area is 135 Å². The maximum Gasteiger partial charge on any atom is 0.278 e. The number of ether oxygens (including phenoxy) is 2.